The number of anilines is 1. The number of carbonyl (C=O) groups is 2. The molecule has 34 heavy (non-hydrogen) atoms. The molecular weight excluding hydrogens is 448 g/mol. The average Bonchev–Trinajstić information content (AvgIpc) is 3.30. The van der Waals surface area contributed by atoms with E-state index in [1.54, 1.807) is 0 Å². The number of ether oxygens (including phenoxy) is 1. The lowest BCUT2D eigenvalue weighted by Crippen LogP contribution is -2.30. The number of fused-ring (bicyclic) bond motifs is 2. The number of aryl methyl sites for hydroxylation is 1. The van der Waals surface area contributed by atoms with Gasteiger partial charge in [-0.05, 0) is 20.0 Å². The van der Waals surface area contributed by atoms with Gasteiger partial charge in [0.25, 0.3) is 5.91 Å². The van der Waals surface area contributed by atoms with Crippen LogP contribution in [0.1, 0.15) is 27.2 Å². The van der Waals surface area contributed by atoms with Crippen LogP contribution in [0.25, 0.3) is 22.2 Å². The number of benzene rings is 2. The second-order valence-corrected chi connectivity index (χ2v) is 9.30. The van der Waals surface area contributed by atoms with E-state index < -0.39 is 11.9 Å². The molecule has 0 fully saturated rings. The highest BCUT2D eigenvalue weighted by Gasteiger charge is 2.26. The van der Waals surface area contributed by atoms with Gasteiger partial charge in [-0.15, -0.1) is 11.3 Å². The first-order valence-electron chi connectivity index (χ1n) is 11.1. The predicted octanol–water partition coefficient (Wildman–Crippen LogP) is 4.45. The number of aromatic nitrogens is 2. The first kappa shape index (κ1) is 22.2. The molecule has 0 saturated carbocycles. The summed E-state index contributed by atoms with van der Waals surface area (Å²) < 4.78 is 5.46. The quantitative estimate of drug-likeness (QED) is 0.432. The second-order valence-electron chi connectivity index (χ2n) is 8.45. The fourth-order valence-corrected chi connectivity index (χ4v) is 4.84. The zero-order valence-electron chi connectivity index (χ0n) is 19.0. The lowest BCUT2D eigenvalue weighted by molar-refractivity contribution is -0.119. The molecule has 1 N–H and O–H groups in total. The highest BCUT2D eigenvalue weighted by molar-refractivity contribution is 7.14. The number of likely N-dealkylation sites (N-methyl/N-ethyl adjacent to an activating group) is 1. The van der Waals surface area contributed by atoms with E-state index in [-0.39, 0.29) is 6.61 Å². The van der Waals surface area contributed by atoms with Gasteiger partial charge in [-0.25, -0.2) is 9.78 Å². The fourth-order valence-electron chi connectivity index (χ4n) is 4.10. The first-order chi connectivity index (χ1) is 16.5. The Hall–Kier alpha value is -3.62. The van der Waals surface area contributed by atoms with Gasteiger partial charge in [-0.3, -0.25) is 15.1 Å². The monoisotopic (exact) mass is 472 g/mol. The number of nitrogens with one attached hydrogen (secondary N) is 1. The van der Waals surface area contributed by atoms with Crippen molar-refractivity contribution in [2.75, 3.05) is 25.5 Å². The Labute approximate surface area is 201 Å². The fraction of sp³-hybridized carbons (Fsp3) is 0.231. The van der Waals surface area contributed by atoms with Crippen LogP contribution in [0.5, 0.6) is 0 Å². The number of rotatable bonds is 5. The van der Waals surface area contributed by atoms with Crippen LogP contribution >= 0.6 is 11.3 Å². The van der Waals surface area contributed by atoms with E-state index in [1.165, 1.54) is 16.9 Å². The lowest BCUT2D eigenvalue weighted by atomic mass is 9.96. The van der Waals surface area contributed by atoms with Gasteiger partial charge >= 0.3 is 5.97 Å². The summed E-state index contributed by atoms with van der Waals surface area (Å²) in [6.45, 7) is 3.14. The molecule has 0 atom stereocenters. The molecule has 3 heterocycles. The van der Waals surface area contributed by atoms with Crippen LogP contribution in [0.2, 0.25) is 0 Å². The van der Waals surface area contributed by atoms with Crippen molar-refractivity contribution in [2.45, 2.75) is 19.9 Å². The summed E-state index contributed by atoms with van der Waals surface area (Å²) in [7, 11) is 2.01. The molecule has 0 spiro atoms. The molecule has 1 aliphatic heterocycles. The van der Waals surface area contributed by atoms with Crippen LogP contribution in [0.3, 0.4) is 0 Å². The summed E-state index contributed by atoms with van der Waals surface area (Å²) in [5.74, 6) is -0.942. The minimum absolute atomic E-state index is 0.389. The molecule has 1 amide bonds. The number of hydrogen-bond acceptors (Lipinski definition) is 7. The van der Waals surface area contributed by atoms with Crippen LogP contribution in [-0.4, -0.2) is 46.9 Å². The van der Waals surface area contributed by atoms with Gasteiger partial charge in [-0.1, -0.05) is 48.0 Å². The number of carbonyl (C=O) groups excluding carboxylic acids is 2. The topological polar surface area (TPSA) is 84.4 Å². The minimum Gasteiger partial charge on any atom is -0.452 e. The molecule has 0 unspecified atom stereocenters. The van der Waals surface area contributed by atoms with Crippen molar-refractivity contribution in [3.63, 3.8) is 0 Å². The molecule has 4 aromatic rings. The predicted molar refractivity (Wildman–Crippen MR) is 133 cm³/mol. The Kier molecular flexibility index (Phi) is 6.08. The van der Waals surface area contributed by atoms with Crippen LogP contribution in [0.4, 0.5) is 5.13 Å². The normalized spacial score (nSPS) is 13.5. The van der Waals surface area contributed by atoms with Gasteiger partial charge < -0.3 is 9.64 Å². The van der Waals surface area contributed by atoms with E-state index in [0.717, 1.165) is 46.4 Å². The standard InChI is InChI=1S/C26H24N4O3S/c1-16-7-9-17(10-8-16)22-15-34-26(28-22)29-23(31)14-33-25(32)24-18-5-3-4-6-20(18)27-21-11-12-30(2)13-19(21)24/h3-10,15H,11-14H2,1-2H3,(H,28,29,31). The molecule has 2 aromatic carbocycles. The van der Waals surface area contributed by atoms with Crippen LogP contribution < -0.4 is 5.32 Å². The SMILES string of the molecule is Cc1ccc(-c2csc(NC(=O)COC(=O)c3c4c(nc5ccccc35)CCN(C)C4)n2)cc1. The number of amides is 1. The van der Waals surface area contributed by atoms with Crippen LogP contribution in [0.15, 0.2) is 53.9 Å². The summed E-state index contributed by atoms with van der Waals surface area (Å²) in [5, 5.41) is 5.82. The molecular formula is C26H24N4O3S. The molecule has 0 saturated heterocycles. The Morgan fingerprint density at radius 2 is 1.91 bits per heavy atom. The Morgan fingerprint density at radius 3 is 2.74 bits per heavy atom. The van der Waals surface area contributed by atoms with E-state index in [0.29, 0.717) is 17.2 Å². The number of esters is 1. The number of para-hydroxylation sites is 1. The van der Waals surface area contributed by atoms with Crippen molar-refractivity contribution in [3.05, 3.63) is 76.3 Å². The summed E-state index contributed by atoms with van der Waals surface area (Å²) in [6.07, 6.45) is 0.769. The molecule has 0 radical (unpaired) electrons. The van der Waals surface area contributed by atoms with Crippen LogP contribution in [0, 0.1) is 6.92 Å². The van der Waals surface area contributed by atoms with Crippen molar-refractivity contribution in [1.29, 1.82) is 0 Å². The summed E-state index contributed by atoms with van der Waals surface area (Å²) >= 11 is 1.33. The van der Waals surface area contributed by atoms with Gasteiger partial charge in [0, 0.05) is 47.1 Å². The highest BCUT2D eigenvalue weighted by atomic mass is 32.1. The van der Waals surface area contributed by atoms with Gasteiger partial charge in [0.2, 0.25) is 0 Å². The Bertz CT molecular complexity index is 1380. The third kappa shape index (κ3) is 4.55. The van der Waals surface area contributed by atoms with E-state index in [1.807, 2.05) is 67.9 Å². The average molecular weight is 473 g/mol. The maximum Gasteiger partial charge on any atom is 0.339 e. The molecule has 0 bridgehead atoms. The molecule has 172 valence electrons. The zero-order chi connectivity index (χ0) is 23.7. The molecule has 2 aromatic heterocycles. The van der Waals surface area contributed by atoms with E-state index in [4.69, 9.17) is 9.72 Å². The maximum absolute atomic E-state index is 13.1. The third-order valence-corrected chi connectivity index (χ3v) is 6.63. The Balaban J connectivity index is 1.30. The van der Waals surface area contributed by atoms with Gasteiger partial charge in [-0.2, -0.15) is 0 Å². The van der Waals surface area contributed by atoms with E-state index >= 15 is 0 Å². The van der Waals surface area contributed by atoms with Gasteiger partial charge in [0.1, 0.15) is 0 Å². The van der Waals surface area contributed by atoms with Crippen LogP contribution in [-0.2, 0) is 22.5 Å². The molecule has 7 nitrogen and oxygen atoms in total. The summed E-state index contributed by atoms with van der Waals surface area (Å²) in [4.78, 5) is 37.0. The largest absolute Gasteiger partial charge is 0.452 e. The second kappa shape index (κ2) is 9.32. The molecule has 0 aliphatic carbocycles. The van der Waals surface area contributed by atoms with Crippen molar-refractivity contribution >= 4 is 39.2 Å². The lowest BCUT2D eigenvalue weighted by Gasteiger charge is -2.26. The third-order valence-electron chi connectivity index (χ3n) is 5.87. The van der Waals surface area contributed by atoms with Crippen molar-refractivity contribution in [2.24, 2.45) is 0 Å². The van der Waals surface area contributed by atoms with Crippen molar-refractivity contribution in [1.82, 2.24) is 14.9 Å². The molecule has 5 rings (SSSR count). The Morgan fingerprint density at radius 1 is 1.12 bits per heavy atom. The molecule has 1 aliphatic rings. The number of thiazole rings is 1. The van der Waals surface area contributed by atoms with E-state index in [2.05, 4.69) is 15.2 Å². The zero-order valence-corrected chi connectivity index (χ0v) is 19.8. The van der Waals surface area contributed by atoms with Gasteiger partial charge in [0.05, 0.1) is 16.8 Å². The first-order valence-corrected chi connectivity index (χ1v) is 11.9. The van der Waals surface area contributed by atoms with E-state index in [9.17, 15) is 9.59 Å². The minimum atomic E-state index is -0.514. The number of pyridine rings is 1. The number of hydrogen-bond donors (Lipinski definition) is 1. The van der Waals surface area contributed by atoms with Crippen molar-refractivity contribution in [3.8, 4) is 11.3 Å². The molecule has 8 heteroatoms. The highest BCUT2D eigenvalue weighted by Crippen LogP contribution is 2.29. The van der Waals surface area contributed by atoms with Crippen molar-refractivity contribution < 1.29 is 14.3 Å². The summed E-state index contributed by atoms with van der Waals surface area (Å²) in [6, 6.07) is 15.6. The summed E-state index contributed by atoms with van der Waals surface area (Å²) in [5.41, 5.74) is 5.98. The smallest absolute Gasteiger partial charge is 0.339 e. The van der Waals surface area contributed by atoms with Gasteiger partial charge in [0.15, 0.2) is 11.7 Å². The maximum atomic E-state index is 13.1. The number of nitrogens with zero attached hydrogens (tertiary/aromatic N) is 3.